The van der Waals surface area contributed by atoms with E-state index >= 15 is 0 Å². The molecule has 1 aliphatic heterocycles. The highest BCUT2D eigenvalue weighted by molar-refractivity contribution is 6.00. The average Bonchev–Trinajstić information content (AvgIpc) is 2.53. The molecule has 0 bridgehead atoms. The Bertz CT molecular complexity index is 704. The van der Waals surface area contributed by atoms with Gasteiger partial charge in [-0.05, 0) is 59.2 Å². The van der Waals surface area contributed by atoms with Gasteiger partial charge >= 0.3 is 11.9 Å². The number of nitrogens with one attached hydrogen (secondary N) is 1. The fourth-order valence-electron chi connectivity index (χ4n) is 2.98. The first-order chi connectivity index (χ1) is 12.2. The molecule has 6 nitrogen and oxygen atoms in total. The number of pyridine rings is 1. The molecule has 2 rings (SSSR count). The normalized spacial score (nSPS) is 15.4. The summed E-state index contributed by atoms with van der Waals surface area (Å²) in [5.41, 5.74) is 2.93. The zero-order valence-corrected chi connectivity index (χ0v) is 16.1. The zero-order chi connectivity index (χ0) is 19.4. The van der Waals surface area contributed by atoms with Crippen LogP contribution in [0.5, 0.6) is 0 Å². The van der Waals surface area contributed by atoms with Crippen molar-refractivity contribution in [2.75, 3.05) is 0 Å². The van der Waals surface area contributed by atoms with E-state index in [2.05, 4.69) is 10.3 Å². The Hall–Kier alpha value is -2.63. The van der Waals surface area contributed by atoms with Crippen LogP contribution in [0.4, 0.5) is 0 Å². The highest BCUT2D eigenvalue weighted by atomic mass is 16.5. The van der Waals surface area contributed by atoms with Crippen molar-refractivity contribution in [3.05, 3.63) is 52.6 Å². The molecule has 140 valence electrons. The standard InChI is InChI=1S/C20H26N2O4/c1-11(2)25-19(23)16-13(5)22-14(6)17(20(24)26-12(3)4)18(16)15-7-9-21-10-8-15/h7-12,18,22H,1-6H3. The third-order valence-electron chi connectivity index (χ3n) is 3.93. The summed E-state index contributed by atoms with van der Waals surface area (Å²) in [5.74, 6) is -1.47. The molecular weight excluding hydrogens is 332 g/mol. The van der Waals surface area contributed by atoms with Crippen molar-refractivity contribution in [1.29, 1.82) is 0 Å². The number of allylic oxidation sites excluding steroid dienone is 2. The van der Waals surface area contributed by atoms with Gasteiger partial charge in [-0.2, -0.15) is 0 Å². The minimum Gasteiger partial charge on any atom is -0.460 e. The molecular formula is C20H26N2O4. The number of aromatic nitrogens is 1. The number of ether oxygens (including phenoxy) is 2. The van der Waals surface area contributed by atoms with E-state index in [-0.39, 0.29) is 12.2 Å². The van der Waals surface area contributed by atoms with Gasteiger partial charge in [0.25, 0.3) is 0 Å². The maximum absolute atomic E-state index is 12.8. The predicted octanol–water partition coefficient (Wildman–Crippen LogP) is 3.22. The quantitative estimate of drug-likeness (QED) is 0.815. The maximum Gasteiger partial charge on any atom is 0.337 e. The summed E-state index contributed by atoms with van der Waals surface area (Å²) in [4.78, 5) is 29.6. The molecule has 2 heterocycles. The second kappa shape index (κ2) is 8.17. The van der Waals surface area contributed by atoms with Gasteiger partial charge in [0.1, 0.15) is 0 Å². The Morgan fingerprint density at radius 3 is 1.73 bits per heavy atom. The average molecular weight is 358 g/mol. The SMILES string of the molecule is CC1=C(C(=O)OC(C)C)C(c2ccncc2)C(C(=O)OC(C)C)=C(C)N1. The first kappa shape index (κ1) is 19.7. The van der Waals surface area contributed by atoms with Crippen molar-refractivity contribution in [3.8, 4) is 0 Å². The van der Waals surface area contributed by atoms with E-state index in [4.69, 9.17) is 9.47 Å². The lowest BCUT2D eigenvalue weighted by Gasteiger charge is -2.31. The molecule has 0 saturated carbocycles. The van der Waals surface area contributed by atoms with Gasteiger partial charge in [-0.3, -0.25) is 4.98 Å². The van der Waals surface area contributed by atoms with Crippen LogP contribution in [-0.2, 0) is 19.1 Å². The van der Waals surface area contributed by atoms with Crippen molar-refractivity contribution in [2.24, 2.45) is 0 Å². The van der Waals surface area contributed by atoms with Gasteiger partial charge in [-0.1, -0.05) is 0 Å². The van der Waals surface area contributed by atoms with Gasteiger partial charge in [-0.25, -0.2) is 9.59 Å². The van der Waals surface area contributed by atoms with Gasteiger partial charge in [0.2, 0.25) is 0 Å². The fourth-order valence-corrected chi connectivity index (χ4v) is 2.98. The summed E-state index contributed by atoms with van der Waals surface area (Å²) in [6.07, 6.45) is 2.75. The van der Waals surface area contributed by atoms with Crippen LogP contribution in [0.2, 0.25) is 0 Å². The molecule has 0 spiro atoms. The second-order valence-electron chi connectivity index (χ2n) is 6.82. The highest BCUT2D eigenvalue weighted by Gasteiger charge is 2.38. The Morgan fingerprint density at radius 2 is 1.35 bits per heavy atom. The predicted molar refractivity (Wildman–Crippen MR) is 98.0 cm³/mol. The minimum atomic E-state index is -0.572. The molecule has 0 aliphatic carbocycles. The third-order valence-corrected chi connectivity index (χ3v) is 3.93. The summed E-state index contributed by atoms with van der Waals surface area (Å²) in [7, 11) is 0. The number of hydrogen-bond acceptors (Lipinski definition) is 6. The summed E-state index contributed by atoms with van der Waals surface area (Å²) in [6, 6.07) is 3.59. The number of hydrogen-bond donors (Lipinski definition) is 1. The Kier molecular flexibility index (Phi) is 6.18. The molecule has 0 atom stereocenters. The molecule has 1 aliphatic rings. The number of carbonyl (C=O) groups excluding carboxylic acids is 2. The molecule has 1 aromatic rings. The number of rotatable bonds is 5. The molecule has 0 saturated heterocycles. The molecule has 1 N–H and O–H groups in total. The molecule has 0 amide bonds. The van der Waals surface area contributed by atoms with Crippen LogP contribution in [0.25, 0.3) is 0 Å². The maximum atomic E-state index is 12.8. The van der Waals surface area contributed by atoms with Crippen molar-refractivity contribution in [3.63, 3.8) is 0 Å². The zero-order valence-electron chi connectivity index (χ0n) is 16.1. The van der Waals surface area contributed by atoms with Gasteiger partial charge < -0.3 is 14.8 Å². The smallest absolute Gasteiger partial charge is 0.337 e. The first-order valence-corrected chi connectivity index (χ1v) is 8.72. The number of carbonyl (C=O) groups is 2. The number of nitrogens with zero attached hydrogens (tertiary/aromatic N) is 1. The fraction of sp³-hybridized carbons (Fsp3) is 0.450. The minimum absolute atomic E-state index is 0.265. The van der Waals surface area contributed by atoms with Crippen LogP contribution in [0.15, 0.2) is 47.1 Å². The molecule has 0 unspecified atom stereocenters. The van der Waals surface area contributed by atoms with E-state index in [1.165, 1.54) is 0 Å². The van der Waals surface area contributed by atoms with Crippen LogP contribution in [0.3, 0.4) is 0 Å². The van der Waals surface area contributed by atoms with Gasteiger partial charge in [0, 0.05) is 23.8 Å². The van der Waals surface area contributed by atoms with Crippen LogP contribution in [0.1, 0.15) is 53.0 Å². The van der Waals surface area contributed by atoms with E-state index in [1.54, 1.807) is 66.1 Å². The second-order valence-corrected chi connectivity index (χ2v) is 6.82. The largest absolute Gasteiger partial charge is 0.460 e. The lowest BCUT2D eigenvalue weighted by atomic mass is 9.80. The van der Waals surface area contributed by atoms with Crippen LogP contribution < -0.4 is 5.32 Å². The van der Waals surface area contributed by atoms with E-state index < -0.39 is 17.9 Å². The molecule has 0 aromatic carbocycles. The van der Waals surface area contributed by atoms with Crippen LogP contribution in [0, 0.1) is 0 Å². The number of esters is 2. The lowest BCUT2D eigenvalue weighted by Crippen LogP contribution is -2.33. The topological polar surface area (TPSA) is 77.5 Å². The summed E-state index contributed by atoms with van der Waals surface area (Å²) in [6.45, 7) is 10.8. The molecule has 0 radical (unpaired) electrons. The van der Waals surface area contributed by atoms with E-state index in [9.17, 15) is 9.59 Å². The first-order valence-electron chi connectivity index (χ1n) is 8.72. The van der Waals surface area contributed by atoms with E-state index in [0.717, 1.165) is 5.56 Å². The summed E-state index contributed by atoms with van der Waals surface area (Å²) < 4.78 is 10.9. The van der Waals surface area contributed by atoms with Crippen LogP contribution >= 0.6 is 0 Å². The third kappa shape index (κ3) is 4.31. The Balaban J connectivity index is 2.58. The van der Waals surface area contributed by atoms with E-state index in [0.29, 0.717) is 22.5 Å². The molecule has 1 aromatic heterocycles. The van der Waals surface area contributed by atoms with Crippen LogP contribution in [-0.4, -0.2) is 29.1 Å². The van der Waals surface area contributed by atoms with E-state index in [1.807, 2.05) is 0 Å². The van der Waals surface area contributed by atoms with Crippen molar-refractivity contribution in [1.82, 2.24) is 10.3 Å². The molecule has 6 heteroatoms. The Morgan fingerprint density at radius 1 is 0.923 bits per heavy atom. The molecule has 26 heavy (non-hydrogen) atoms. The number of dihydropyridines is 1. The Labute approximate surface area is 154 Å². The van der Waals surface area contributed by atoms with Crippen molar-refractivity contribution >= 4 is 11.9 Å². The van der Waals surface area contributed by atoms with Gasteiger partial charge in [0.05, 0.1) is 29.3 Å². The summed E-state index contributed by atoms with van der Waals surface area (Å²) in [5, 5.41) is 3.13. The lowest BCUT2D eigenvalue weighted by molar-refractivity contribution is -0.143. The van der Waals surface area contributed by atoms with Crippen molar-refractivity contribution < 1.29 is 19.1 Å². The van der Waals surface area contributed by atoms with Gasteiger partial charge in [0.15, 0.2) is 0 Å². The molecule has 0 fully saturated rings. The van der Waals surface area contributed by atoms with Crippen molar-refractivity contribution in [2.45, 2.75) is 59.7 Å². The highest BCUT2D eigenvalue weighted by Crippen LogP contribution is 2.39. The van der Waals surface area contributed by atoms with Gasteiger partial charge in [-0.15, -0.1) is 0 Å². The monoisotopic (exact) mass is 358 g/mol. The summed E-state index contributed by atoms with van der Waals surface area (Å²) >= 11 is 0.